The lowest BCUT2D eigenvalue weighted by molar-refractivity contribution is -0.143. The molecule has 0 aliphatic carbocycles. The molecule has 0 fully saturated rings. The molecule has 1 aliphatic heterocycles. The van der Waals surface area contributed by atoms with Crippen LogP contribution < -0.4 is 5.73 Å². The number of fused-ring (bicyclic) bond motifs is 1. The van der Waals surface area contributed by atoms with Crippen molar-refractivity contribution in [3.05, 3.63) is 29.3 Å². The summed E-state index contributed by atoms with van der Waals surface area (Å²) >= 11 is 0. The second-order valence-corrected chi connectivity index (χ2v) is 4.53. The lowest BCUT2D eigenvalue weighted by atomic mass is 10.1. The van der Waals surface area contributed by atoms with Crippen molar-refractivity contribution in [2.75, 3.05) is 5.73 Å². The summed E-state index contributed by atoms with van der Waals surface area (Å²) in [6.45, 7) is 3.35. The van der Waals surface area contributed by atoms with Crippen LogP contribution in [0, 0.1) is 0 Å². The molecule has 0 bridgehead atoms. The van der Waals surface area contributed by atoms with E-state index in [1.54, 1.807) is 0 Å². The third-order valence-corrected chi connectivity index (χ3v) is 3.33. The van der Waals surface area contributed by atoms with E-state index in [9.17, 15) is 9.90 Å². The molecule has 1 aromatic rings. The highest BCUT2D eigenvalue weighted by Gasteiger charge is 2.30. The monoisotopic (exact) mass is 234 g/mol. The number of carbonyl (C=O) groups is 1. The fraction of sp³-hybridized carbons (Fsp3) is 0.462. The van der Waals surface area contributed by atoms with E-state index in [-0.39, 0.29) is 0 Å². The van der Waals surface area contributed by atoms with Crippen LogP contribution in [-0.4, -0.2) is 22.0 Å². The van der Waals surface area contributed by atoms with Crippen molar-refractivity contribution in [3.63, 3.8) is 0 Å². The van der Waals surface area contributed by atoms with E-state index >= 15 is 0 Å². The maximum atomic E-state index is 11.2. The number of nitrogens with two attached hydrogens (primary N) is 1. The van der Waals surface area contributed by atoms with Gasteiger partial charge in [-0.2, -0.15) is 0 Å². The number of nitrogen functional groups attached to an aromatic ring is 1. The highest BCUT2D eigenvalue weighted by Crippen LogP contribution is 2.29. The quantitative estimate of drug-likeness (QED) is 0.780. The smallest absolute Gasteiger partial charge is 0.320 e. The van der Waals surface area contributed by atoms with Crippen LogP contribution in [0.4, 0.5) is 5.69 Å². The fourth-order valence-corrected chi connectivity index (χ4v) is 2.43. The topological polar surface area (TPSA) is 66.6 Å². The van der Waals surface area contributed by atoms with Gasteiger partial charge < -0.3 is 10.8 Å². The predicted molar refractivity (Wildman–Crippen MR) is 66.4 cm³/mol. The number of nitrogens with zero attached hydrogens (tertiary/aromatic N) is 1. The molecule has 3 N–H and O–H groups in total. The number of anilines is 1. The Morgan fingerprint density at radius 1 is 1.53 bits per heavy atom. The molecule has 1 atom stereocenters. The molecule has 4 nitrogen and oxygen atoms in total. The minimum absolute atomic E-state index is 0.396. The molecule has 1 aliphatic rings. The normalized spacial score (nSPS) is 16.8. The van der Waals surface area contributed by atoms with Crippen molar-refractivity contribution < 1.29 is 9.90 Å². The lowest BCUT2D eigenvalue weighted by Crippen LogP contribution is -2.37. The molecule has 17 heavy (non-hydrogen) atoms. The van der Waals surface area contributed by atoms with Gasteiger partial charge in [-0.3, -0.25) is 9.69 Å². The predicted octanol–water partition coefficient (Wildman–Crippen LogP) is 1.84. The summed E-state index contributed by atoms with van der Waals surface area (Å²) in [6, 6.07) is 5.42. The zero-order valence-electron chi connectivity index (χ0n) is 10.0. The first-order valence-corrected chi connectivity index (χ1v) is 5.96. The Morgan fingerprint density at radius 2 is 2.29 bits per heavy atom. The maximum Gasteiger partial charge on any atom is 0.320 e. The van der Waals surface area contributed by atoms with Crippen LogP contribution in [0.25, 0.3) is 0 Å². The molecular formula is C13H18N2O2. The molecular weight excluding hydrogens is 216 g/mol. The molecule has 1 unspecified atom stereocenters. The summed E-state index contributed by atoms with van der Waals surface area (Å²) in [5.74, 6) is -0.738. The van der Waals surface area contributed by atoms with Crippen LogP contribution in [-0.2, 0) is 17.9 Å². The summed E-state index contributed by atoms with van der Waals surface area (Å²) in [6.07, 6.45) is 1.56. The molecule has 0 aromatic heterocycles. The third kappa shape index (κ3) is 2.26. The largest absolute Gasteiger partial charge is 0.480 e. The van der Waals surface area contributed by atoms with Gasteiger partial charge in [-0.1, -0.05) is 25.5 Å². The molecule has 4 heteroatoms. The standard InChI is InChI=1S/C13H18N2O2/c1-2-4-12(13(16)17)15-7-9-5-3-6-11(14)10(9)8-15/h3,5-6,12H,2,4,7-8,14H2,1H3,(H,16,17). The summed E-state index contributed by atoms with van der Waals surface area (Å²) in [7, 11) is 0. The van der Waals surface area contributed by atoms with E-state index in [0.29, 0.717) is 19.5 Å². The van der Waals surface area contributed by atoms with Crippen LogP contribution in [0.5, 0.6) is 0 Å². The van der Waals surface area contributed by atoms with Gasteiger partial charge in [0.05, 0.1) is 0 Å². The van der Waals surface area contributed by atoms with Crippen molar-refractivity contribution in [2.24, 2.45) is 0 Å². The Morgan fingerprint density at radius 3 is 2.88 bits per heavy atom. The molecule has 1 aromatic carbocycles. The Labute approximate surface area is 101 Å². The zero-order chi connectivity index (χ0) is 12.4. The highest BCUT2D eigenvalue weighted by atomic mass is 16.4. The van der Waals surface area contributed by atoms with Gasteiger partial charge >= 0.3 is 5.97 Å². The van der Waals surface area contributed by atoms with Gasteiger partial charge in [0, 0.05) is 18.8 Å². The van der Waals surface area contributed by atoms with Gasteiger partial charge in [0.2, 0.25) is 0 Å². The fourth-order valence-electron chi connectivity index (χ4n) is 2.43. The van der Waals surface area contributed by atoms with Crippen LogP contribution in [0.1, 0.15) is 30.9 Å². The Bertz CT molecular complexity index is 431. The molecule has 0 saturated carbocycles. The molecule has 0 spiro atoms. The minimum Gasteiger partial charge on any atom is -0.480 e. The summed E-state index contributed by atoms with van der Waals surface area (Å²) in [5, 5.41) is 9.24. The Balaban J connectivity index is 2.18. The molecule has 2 rings (SSSR count). The highest BCUT2D eigenvalue weighted by molar-refractivity contribution is 5.73. The zero-order valence-corrected chi connectivity index (χ0v) is 10.0. The SMILES string of the molecule is CCCC(C(=O)O)N1Cc2cccc(N)c2C1. The lowest BCUT2D eigenvalue weighted by Gasteiger charge is -2.23. The van der Waals surface area contributed by atoms with Crippen molar-refractivity contribution in [2.45, 2.75) is 38.9 Å². The van der Waals surface area contributed by atoms with Crippen LogP contribution in [0.3, 0.4) is 0 Å². The average molecular weight is 234 g/mol. The number of aliphatic carboxylic acids is 1. The van der Waals surface area contributed by atoms with Gasteiger partial charge in [0.25, 0.3) is 0 Å². The van der Waals surface area contributed by atoms with Crippen LogP contribution in [0.15, 0.2) is 18.2 Å². The van der Waals surface area contributed by atoms with Crippen LogP contribution >= 0.6 is 0 Å². The number of benzene rings is 1. The first-order chi connectivity index (χ1) is 8.13. The second kappa shape index (κ2) is 4.75. The Hall–Kier alpha value is -1.55. The van der Waals surface area contributed by atoms with E-state index in [4.69, 9.17) is 5.73 Å². The molecule has 0 saturated heterocycles. The van der Waals surface area contributed by atoms with E-state index in [2.05, 4.69) is 0 Å². The van der Waals surface area contributed by atoms with E-state index in [1.807, 2.05) is 30.0 Å². The number of carboxylic acids is 1. The van der Waals surface area contributed by atoms with Gasteiger partial charge in [-0.05, 0) is 23.6 Å². The third-order valence-electron chi connectivity index (χ3n) is 3.33. The number of carboxylic acid groups (broad SMARTS) is 1. The van der Waals surface area contributed by atoms with Crippen LogP contribution in [0.2, 0.25) is 0 Å². The van der Waals surface area contributed by atoms with Gasteiger partial charge in [-0.25, -0.2) is 0 Å². The first kappa shape index (κ1) is 11.9. The average Bonchev–Trinajstić information content (AvgIpc) is 2.70. The van der Waals surface area contributed by atoms with E-state index in [1.165, 1.54) is 0 Å². The van der Waals surface area contributed by atoms with Gasteiger partial charge in [0.15, 0.2) is 0 Å². The minimum atomic E-state index is -0.738. The molecule has 1 heterocycles. The number of hydrogen-bond acceptors (Lipinski definition) is 3. The van der Waals surface area contributed by atoms with Gasteiger partial charge in [0.1, 0.15) is 6.04 Å². The first-order valence-electron chi connectivity index (χ1n) is 5.96. The summed E-state index contributed by atoms with van der Waals surface area (Å²) in [4.78, 5) is 13.2. The van der Waals surface area contributed by atoms with E-state index < -0.39 is 12.0 Å². The molecule has 92 valence electrons. The van der Waals surface area contributed by atoms with Crippen molar-refractivity contribution in [1.29, 1.82) is 0 Å². The summed E-state index contributed by atoms with van der Waals surface area (Å²) < 4.78 is 0. The number of hydrogen-bond donors (Lipinski definition) is 2. The number of rotatable bonds is 4. The molecule has 0 radical (unpaired) electrons. The van der Waals surface area contributed by atoms with Crippen molar-refractivity contribution in [3.8, 4) is 0 Å². The van der Waals surface area contributed by atoms with E-state index in [0.717, 1.165) is 23.2 Å². The maximum absolute atomic E-state index is 11.2. The summed E-state index contributed by atoms with van der Waals surface area (Å²) in [5.41, 5.74) is 8.93. The van der Waals surface area contributed by atoms with Crippen molar-refractivity contribution in [1.82, 2.24) is 4.90 Å². The van der Waals surface area contributed by atoms with Crippen molar-refractivity contribution >= 4 is 11.7 Å². The second-order valence-electron chi connectivity index (χ2n) is 4.53. The molecule has 0 amide bonds. The van der Waals surface area contributed by atoms with Gasteiger partial charge in [-0.15, -0.1) is 0 Å². The Kier molecular flexibility index (Phi) is 3.33.